The number of aromatic nitrogens is 3. The van der Waals surface area contributed by atoms with Gasteiger partial charge < -0.3 is 5.11 Å². The van der Waals surface area contributed by atoms with Crippen molar-refractivity contribution in [1.29, 1.82) is 0 Å². The minimum atomic E-state index is -1.06. The highest BCUT2D eigenvalue weighted by molar-refractivity contribution is 5.72. The first-order valence-corrected chi connectivity index (χ1v) is 8.00. The van der Waals surface area contributed by atoms with Gasteiger partial charge in [-0.05, 0) is 47.0 Å². The molecule has 1 N–H and O–H groups in total. The van der Waals surface area contributed by atoms with Crippen LogP contribution >= 0.6 is 0 Å². The van der Waals surface area contributed by atoms with Crippen molar-refractivity contribution in [3.05, 3.63) is 78.6 Å². The van der Waals surface area contributed by atoms with Crippen molar-refractivity contribution in [1.82, 2.24) is 14.4 Å². The fraction of sp³-hybridized carbons (Fsp3) is 0.0500. The molecular weight excluding hydrogens is 333 g/mol. The van der Waals surface area contributed by atoms with Crippen molar-refractivity contribution in [3.8, 4) is 22.4 Å². The molecule has 3 heterocycles. The summed E-state index contributed by atoms with van der Waals surface area (Å²) < 4.78 is 16.1. The fourth-order valence-corrected chi connectivity index (χ4v) is 2.93. The lowest BCUT2D eigenvalue weighted by molar-refractivity contribution is -0.136. The van der Waals surface area contributed by atoms with Crippen LogP contribution in [0.5, 0.6) is 0 Å². The second-order valence-electron chi connectivity index (χ2n) is 5.90. The maximum Gasteiger partial charge on any atom is 0.307 e. The van der Waals surface area contributed by atoms with Crippen molar-refractivity contribution in [3.63, 3.8) is 0 Å². The second-order valence-corrected chi connectivity index (χ2v) is 5.90. The Kier molecular flexibility index (Phi) is 3.93. The zero-order valence-corrected chi connectivity index (χ0v) is 13.6. The van der Waals surface area contributed by atoms with E-state index in [1.165, 1.54) is 12.1 Å². The number of carboxylic acids is 1. The molecule has 5 nitrogen and oxygen atoms in total. The van der Waals surface area contributed by atoms with E-state index in [9.17, 15) is 9.18 Å². The fourth-order valence-electron chi connectivity index (χ4n) is 2.93. The van der Waals surface area contributed by atoms with Crippen molar-refractivity contribution in [2.75, 3.05) is 0 Å². The summed E-state index contributed by atoms with van der Waals surface area (Å²) in [7, 11) is 0. The minimum absolute atomic E-state index is 0.162. The Balaban J connectivity index is 1.74. The summed E-state index contributed by atoms with van der Waals surface area (Å²) in [5.41, 5.74) is 4.33. The maximum absolute atomic E-state index is 14.2. The summed E-state index contributed by atoms with van der Waals surface area (Å²) in [6, 6.07) is 12.3. The Labute approximate surface area is 148 Å². The number of hydrogen-bond donors (Lipinski definition) is 1. The van der Waals surface area contributed by atoms with Crippen LogP contribution in [0, 0.1) is 5.82 Å². The highest BCUT2D eigenvalue weighted by Crippen LogP contribution is 2.26. The topological polar surface area (TPSA) is 67.5 Å². The largest absolute Gasteiger partial charge is 0.481 e. The predicted octanol–water partition coefficient (Wildman–Crippen LogP) is 3.83. The first kappa shape index (κ1) is 16.0. The van der Waals surface area contributed by atoms with Crippen LogP contribution in [-0.4, -0.2) is 25.4 Å². The predicted molar refractivity (Wildman–Crippen MR) is 95.2 cm³/mol. The van der Waals surface area contributed by atoms with Crippen molar-refractivity contribution in [2.45, 2.75) is 6.42 Å². The lowest BCUT2D eigenvalue weighted by atomic mass is 10.1. The van der Waals surface area contributed by atoms with Gasteiger partial charge in [-0.15, -0.1) is 0 Å². The van der Waals surface area contributed by atoms with Gasteiger partial charge in [0.15, 0.2) is 0 Å². The van der Waals surface area contributed by atoms with E-state index in [0.29, 0.717) is 5.56 Å². The zero-order chi connectivity index (χ0) is 18.1. The van der Waals surface area contributed by atoms with Gasteiger partial charge in [0, 0.05) is 24.2 Å². The van der Waals surface area contributed by atoms with Crippen molar-refractivity contribution in [2.24, 2.45) is 0 Å². The lowest BCUT2D eigenvalue weighted by Crippen LogP contribution is -2.02. The third-order valence-electron chi connectivity index (χ3n) is 4.22. The van der Waals surface area contributed by atoms with Crippen LogP contribution < -0.4 is 0 Å². The number of rotatable bonds is 4. The van der Waals surface area contributed by atoms with E-state index < -0.39 is 11.8 Å². The van der Waals surface area contributed by atoms with Gasteiger partial charge in [-0.25, -0.2) is 9.37 Å². The van der Waals surface area contributed by atoms with Crippen LogP contribution in [0.2, 0.25) is 0 Å². The van der Waals surface area contributed by atoms with Gasteiger partial charge in [0.05, 0.1) is 18.3 Å². The molecule has 4 aromatic rings. The molecule has 0 saturated carbocycles. The standard InChI is InChI=1S/C20H14FN3O2/c21-17-9-16(2-1-15(17)11-20(25)26)18-12-23-19-10-14(5-8-24(18)19)13-3-6-22-7-4-13/h1-10,12H,11H2,(H,25,26). The normalized spacial score (nSPS) is 11.0. The van der Waals surface area contributed by atoms with Crippen LogP contribution in [0.3, 0.4) is 0 Å². The number of carboxylic acid groups (broad SMARTS) is 1. The molecule has 0 radical (unpaired) electrons. The number of pyridine rings is 2. The molecule has 0 amide bonds. The molecular formula is C20H14FN3O2. The van der Waals surface area contributed by atoms with Gasteiger partial charge in [-0.1, -0.05) is 12.1 Å². The van der Waals surface area contributed by atoms with Gasteiger partial charge in [0.1, 0.15) is 11.5 Å². The van der Waals surface area contributed by atoms with Crippen molar-refractivity contribution >= 4 is 11.6 Å². The molecule has 6 heteroatoms. The number of aliphatic carboxylic acids is 1. The molecule has 0 aliphatic rings. The minimum Gasteiger partial charge on any atom is -0.481 e. The molecule has 4 rings (SSSR count). The van der Waals surface area contributed by atoms with E-state index in [1.807, 2.05) is 34.9 Å². The molecule has 1 aromatic carbocycles. The van der Waals surface area contributed by atoms with Gasteiger partial charge in [-0.3, -0.25) is 14.2 Å². The quantitative estimate of drug-likeness (QED) is 0.609. The van der Waals surface area contributed by atoms with Crippen molar-refractivity contribution < 1.29 is 14.3 Å². The van der Waals surface area contributed by atoms with Gasteiger partial charge >= 0.3 is 5.97 Å². The van der Waals surface area contributed by atoms with E-state index in [0.717, 1.165) is 22.5 Å². The van der Waals surface area contributed by atoms with Crippen LogP contribution in [0.15, 0.2) is 67.3 Å². The third kappa shape index (κ3) is 2.93. The van der Waals surface area contributed by atoms with E-state index in [1.54, 1.807) is 24.7 Å². The number of fused-ring (bicyclic) bond motifs is 1. The van der Waals surface area contributed by atoms with E-state index in [2.05, 4.69) is 9.97 Å². The van der Waals surface area contributed by atoms with Gasteiger partial charge in [-0.2, -0.15) is 0 Å². The van der Waals surface area contributed by atoms with Gasteiger partial charge in [0.25, 0.3) is 0 Å². The smallest absolute Gasteiger partial charge is 0.307 e. The highest BCUT2D eigenvalue weighted by Gasteiger charge is 2.12. The Hall–Kier alpha value is -3.54. The number of nitrogens with zero attached hydrogens (tertiary/aromatic N) is 3. The molecule has 0 atom stereocenters. The van der Waals surface area contributed by atoms with Crippen LogP contribution in [0.1, 0.15) is 5.56 Å². The molecule has 0 fully saturated rings. The number of carbonyl (C=O) groups is 1. The molecule has 3 aromatic heterocycles. The molecule has 128 valence electrons. The first-order chi connectivity index (χ1) is 12.6. The van der Waals surface area contributed by atoms with E-state index >= 15 is 0 Å². The third-order valence-corrected chi connectivity index (χ3v) is 4.22. The molecule has 0 aliphatic heterocycles. The lowest BCUT2D eigenvalue weighted by Gasteiger charge is -2.06. The van der Waals surface area contributed by atoms with Crippen LogP contribution in [0.4, 0.5) is 4.39 Å². The Morgan fingerprint density at radius 1 is 1.04 bits per heavy atom. The molecule has 26 heavy (non-hydrogen) atoms. The van der Waals surface area contributed by atoms with E-state index in [4.69, 9.17) is 5.11 Å². The maximum atomic E-state index is 14.2. The molecule has 0 spiro atoms. The average Bonchev–Trinajstić information content (AvgIpc) is 3.07. The summed E-state index contributed by atoms with van der Waals surface area (Å²) >= 11 is 0. The summed E-state index contributed by atoms with van der Waals surface area (Å²) in [4.78, 5) is 19.2. The van der Waals surface area contributed by atoms with Crippen LogP contribution in [-0.2, 0) is 11.2 Å². The van der Waals surface area contributed by atoms with E-state index in [-0.39, 0.29) is 12.0 Å². The Bertz CT molecular complexity index is 1110. The molecule has 0 unspecified atom stereocenters. The molecule has 0 saturated heterocycles. The monoisotopic (exact) mass is 347 g/mol. The SMILES string of the molecule is O=C(O)Cc1ccc(-c2cnc3cc(-c4ccncc4)ccn23)cc1F. The Morgan fingerprint density at radius 3 is 2.58 bits per heavy atom. The number of imidazole rings is 1. The summed E-state index contributed by atoms with van der Waals surface area (Å²) in [6.45, 7) is 0. The number of hydrogen-bond acceptors (Lipinski definition) is 3. The second kappa shape index (κ2) is 6.40. The Morgan fingerprint density at radius 2 is 1.85 bits per heavy atom. The van der Waals surface area contributed by atoms with Gasteiger partial charge in [0.2, 0.25) is 0 Å². The number of benzene rings is 1. The summed E-state index contributed by atoms with van der Waals surface area (Å²) in [6.07, 6.45) is 6.69. The zero-order valence-electron chi connectivity index (χ0n) is 13.6. The van der Waals surface area contributed by atoms with Crippen LogP contribution in [0.25, 0.3) is 28.0 Å². The summed E-state index contributed by atoms with van der Waals surface area (Å²) in [5.74, 6) is -1.59. The highest BCUT2D eigenvalue weighted by atomic mass is 19.1. The summed E-state index contributed by atoms with van der Waals surface area (Å²) in [5, 5.41) is 8.82. The molecule has 0 aliphatic carbocycles. The first-order valence-electron chi connectivity index (χ1n) is 8.00. The average molecular weight is 347 g/mol. The molecule has 0 bridgehead atoms. The number of halogens is 1.